The van der Waals surface area contributed by atoms with Gasteiger partial charge in [0.25, 0.3) is 5.91 Å². The van der Waals surface area contributed by atoms with Crippen molar-refractivity contribution in [2.75, 3.05) is 13.7 Å². The normalized spacial score (nSPS) is 15.4. The molecule has 3 rings (SSSR count). The quantitative estimate of drug-likeness (QED) is 0.366. The van der Waals surface area contributed by atoms with Crippen molar-refractivity contribution in [1.29, 1.82) is 0 Å². The summed E-state index contributed by atoms with van der Waals surface area (Å²) in [4.78, 5) is 14.6. The van der Waals surface area contributed by atoms with Crippen LogP contribution in [-0.2, 0) is 11.4 Å². The van der Waals surface area contributed by atoms with Gasteiger partial charge in [-0.3, -0.25) is 9.69 Å². The van der Waals surface area contributed by atoms with Crippen LogP contribution in [0, 0.1) is 0 Å². The third-order valence-electron chi connectivity index (χ3n) is 4.07. The van der Waals surface area contributed by atoms with E-state index in [4.69, 9.17) is 33.3 Å². The maximum Gasteiger partial charge on any atom is 0.266 e. The van der Waals surface area contributed by atoms with Crippen molar-refractivity contribution in [1.82, 2.24) is 4.90 Å². The Hall–Kier alpha value is -1.54. The van der Waals surface area contributed by atoms with Gasteiger partial charge < -0.3 is 9.47 Å². The Morgan fingerprint density at radius 3 is 2.64 bits per heavy atom. The summed E-state index contributed by atoms with van der Waals surface area (Å²) in [6.45, 7) is 2.78. The highest BCUT2D eigenvalue weighted by molar-refractivity contribution is 9.10. The van der Waals surface area contributed by atoms with E-state index in [1.807, 2.05) is 31.2 Å². The number of carbonyl (C=O) groups excluding carboxylic acids is 1. The monoisotopic (exact) mass is 497 g/mol. The first-order valence-electron chi connectivity index (χ1n) is 8.43. The molecule has 0 unspecified atom stereocenters. The van der Waals surface area contributed by atoms with Gasteiger partial charge in [-0.2, -0.15) is 0 Å². The van der Waals surface area contributed by atoms with Gasteiger partial charge in [0.05, 0.1) is 16.5 Å². The third kappa shape index (κ3) is 4.71. The number of hydrogen-bond donors (Lipinski definition) is 0. The van der Waals surface area contributed by atoms with Crippen LogP contribution in [0.5, 0.6) is 11.5 Å². The van der Waals surface area contributed by atoms with Gasteiger partial charge in [0.1, 0.15) is 22.4 Å². The average Bonchev–Trinajstić information content (AvgIpc) is 2.93. The molecule has 0 saturated carbocycles. The van der Waals surface area contributed by atoms with E-state index >= 15 is 0 Å². The van der Waals surface area contributed by atoms with E-state index in [0.29, 0.717) is 38.9 Å². The van der Waals surface area contributed by atoms with Crippen LogP contribution in [0.2, 0.25) is 5.02 Å². The fourth-order valence-electron chi connectivity index (χ4n) is 2.67. The zero-order valence-electron chi connectivity index (χ0n) is 15.2. The van der Waals surface area contributed by atoms with Crippen LogP contribution in [0.1, 0.15) is 18.1 Å². The highest BCUT2D eigenvalue weighted by atomic mass is 79.9. The van der Waals surface area contributed by atoms with Gasteiger partial charge in [-0.1, -0.05) is 41.6 Å². The fraction of sp³-hybridized carbons (Fsp3) is 0.200. The standard InChI is InChI=1S/C20H17BrClNO3S2/c1-3-23-19(24)18(28-20(23)27)9-12-4-6-16(25-2)13(8-12)11-26-17-7-5-14(22)10-15(17)21/h4-10H,3,11H2,1-2H3/b18-9+. The number of likely N-dealkylation sites (N-methyl/N-ethyl adjacent to an activating group) is 1. The molecule has 146 valence electrons. The Kier molecular flexibility index (Phi) is 7.04. The van der Waals surface area contributed by atoms with Gasteiger partial charge in [-0.15, -0.1) is 0 Å². The number of ether oxygens (including phenoxy) is 2. The summed E-state index contributed by atoms with van der Waals surface area (Å²) < 4.78 is 12.7. The summed E-state index contributed by atoms with van der Waals surface area (Å²) in [5.74, 6) is 1.33. The second kappa shape index (κ2) is 9.31. The number of hydrogen-bond acceptors (Lipinski definition) is 5. The minimum atomic E-state index is -0.0591. The van der Waals surface area contributed by atoms with E-state index in [9.17, 15) is 4.79 Å². The Bertz CT molecular complexity index is 964. The molecule has 1 heterocycles. The van der Waals surface area contributed by atoms with Crippen molar-refractivity contribution in [3.63, 3.8) is 0 Å². The Morgan fingerprint density at radius 1 is 1.25 bits per heavy atom. The number of thioether (sulfide) groups is 1. The molecule has 4 nitrogen and oxygen atoms in total. The van der Waals surface area contributed by atoms with E-state index in [0.717, 1.165) is 15.6 Å². The zero-order chi connectivity index (χ0) is 20.3. The van der Waals surface area contributed by atoms with Crippen molar-refractivity contribution >= 4 is 67.8 Å². The van der Waals surface area contributed by atoms with Gasteiger partial charge in [-0.25, -0.2) is 0 Å². The lowest BCUT2D eigenvalue weighted by molar-refractivity contribution is -0.121. The molecule has 0 aliphatic carbocycles. The molecule has 1 fully saturated rings. The molecular weight excluding hydrogens is 482 g/mol. The highest BCUT2D eigenvalue weighted by Gasteiger charge is 2.30. The van der Waals surface area contributed by atoms with Crippen molar-refractivity contribution in [3.8, 4) is 11.5 Å². The summed E-state index contributed by atoms with van der Waals surface area (Å²) in [6.07, 6.45) is 1.84. The lowest BCUT2D eigenvalue weighted by Crippen LogP contribution is -2.27. The molecule has 8 heteroatoms. The van der Waals surface area contributed by atoms with Crippen molar-refractivity contribution < 1.29 is 14.3 Å². The molecule has 0 spiro atoms. The van der Waals surface area contributed by atoms with Gasteiger partial charge in [-0.05, 0) is 64.8 Å². The van der Waals surface area contributed by atoms with Gasteiger partial charge in [0.15, 0.2) is 0 Å². The van der Waals surface area contributed by atoms with Crippen molar-refractivity contribution in [2.45, 2.75) is 13.5 Å². The SMILES string of the molecule is CCN1C(=O)/C(=C\c2ccc(OC)c(COc3ccc(Cl)cc3Br)c2)SC1=S. The van der Waals surface area contributed by atoms with Crippen LogP contribution in [0.4, 0.5) is 0 Å². The first kappa shape index (κ1) is 21.2. The highest BCUT2D eigenvalue weighted by Crippen LogP contribution is 2.34. The van der Waals surface area contributed by atoms with E-state index in [1.165, 1.54) is 11.8 Å². The molecule has 28 heavy (non-hydrogen) atoms. The minimum Gasteiger partial charge on any atom is -0.496 e. The summed E-state index contributed by atoms with van der Waals surface area (Å²) in [5, 5.41) is 0.628. The molecule has 1 amide bonds. The van der Waals surface area contributed by atoms with Crippen LogP contribution in [0.3, 0.4) is 0 Å². The van der Waals surface area contributed by atoms with Crippen LogP contribution in [0.25, 0.3) is 6.08 Å². The molecule has 2 aromatic carbocycles. The van der Waals surface area contributed by atoms with E-state index in [1.54, 1.807) is 30.2 Å². The number of nitrogens with zero attached hydrogens (tertiary/aromatic N) is 1. The first-order valence-corrected chi connectivity index (χ1v) is 10.8. The third-order valence-corrected chi connectivity index (χ3v) is 6.30. The second-order valence-corrected chi connectivity index (χ2v) is 8.83. The maximum atomic E-state index is 12.4. The molecule has 0 radical (unpaired) electrons. The van der Waals surface area contributed by atoms with E-state index < -0.39 is 0 Å². The van der Waals surface area contributed by atoms with Crippen LogP contribution < -0.4 is 9.47 Å². The summed E-state index contributed by atoms with van der Waals surface area (Å²) in [7, 11) is 1.61. The Morgan fingerprint density at radius 2 is 2.00 bits per heavy atom. The number of methoxy groups -OCH3 is 1. The number of thiocarbonyl (C=S) groups is 1. The molecule has 1 aliphatic heterocycles. The van der Waals surface area contributed by atoms with Gasteiger partial charge in [0, 0.05) is 17.1 Å². The number of rotatable bonds is 6. The zero-order valence-corrected chi connectivity index (χ0v) is 19.2. The number of halogens is 2. The van der Waals surface area contributed by atoms with E-state index in [-0.39, 0.29) is 5.91 Å². The van der Waals surface area contributed by atoms with Gasteiger partial charge >= 0.3 is 0 Å². The number of amides is 1. The topological polar surface area (TPSA) is 38.8 Å². The summed E-state index contributed by atoms with van der Waals surface area (Å²) in [6, 6.07) is 11.1. The molecule has 0 atom stereocenters. The van der Waals surface area contributed by atoms with Crippen molar-refractivity contribution in [3.05, 3.63) is 61.9 Å². The molecule has 0 N–H and O–H groups in total. The van der Waals surface area contributed by atoms with Crippen molar-refractivity contribution in [2.24, 2.45) is 0 Å². The Balaban J connectivity index is 1.83. The summed E-state index contributed by atoms with van der Waals surface area (Å²) in [5.41, 5.74) is 1.75. The molecular formula is C20H17BrClNO3S2. The second-order valence-electron chi connectivity index (χ2n) is 5.86. The molecule has 1 saturated heterocycles. The molecule has 2 aromatic rings. The molecule has 0 aromatic heterocycles. The molecule has 1 aliphatic rings. The number of carbonyl (C=O) groups is 1. The van der Waals surface area contributed by atoms with Crippen LogP contribution >= 0.6 is 51.5 Å². The molecule has 0 bridgehead atoms. The predicted molar refractivity (Wildman–Crippen MR) is 122 cm³/mol. The maximum absolute atomic E-state index is 12.4. The smallest absolute Gasteiger partial charge is 0.266 e. The van der Waals surface area contributed by atoms with E-state index in [2.05, 4.69) is 15.9 Å². The van der Waals surface area contributed by atoms with Crippen LogP contribution in [0.15, 0.2) is 45.8 Å². The van der Waals surface area contributed by atoms with Crippen LogP contribution in [-0.4, -0.2) is 28.8 Å². The first-order chi connectivity index (χ1) is 13.4. The average molecular weight is 499 g/mol. The lowest BCUT2D eigenvalue weighted by atomic mass is 10.1. The predicted octanol–water partition coefficient (Wildman–Crippen LogP) is 5.91. The lowest BCUT2D eigenvalue weighted by Gasteiger charge is -2.12. The summed E-state index contributed by atoms with van der Waals surface area (Å²) >= 11 is 16.0. The van der Waals surface area contributed by atoms with Gasteiger partial charge in [0.2, 0.25) is 0 Å². The minimum absolute atomic E-state index is 0.0591. The fourth-order valence-corrected chi connectivity index (χ4v) is 4.85. The largest absolute Gasteiger partial charge is 0.496 e. The Labute approximate surface area is 187 Å². The number of benzene rings is 2.